The van der Waals surface area contributed by atoms with Crippen molar-refractivity contribution in [3.63, 3.8) is 0 Å². The van der Waals surface area contributed by atoms with Gasteiger partial charge in [0.15, 0.2) is 5.13 Å². The Morgan fingerprint density at radius 3 is 2.94 bits per heavy atom. The first kappa shape index (κ1) is 10.3. The fraction of sp³-hybridized carbons (Fsp3) is 0.0833. The van der Waals surface area contributed by atoms with Gasteiger partial charge in [-0.25, -0.2) is 9.37 Å². The van der Waals surface area contributed by atoms with Crippen molar-refractivity contribution in [3.05, 3.63) is 35.1 Å². The van der Waals surface area contributed by atoms with Crippen LogP contribution in [0, 0.1) is 12.7 Å². The molecule has 3 rings (SSSR count). The van der Waals surface area contributed by atoms with Gasteiger partial charge in [-0.3, -0.25) is 0 Å². The lowest BCUT2D eigenvalue weighted by molar-refractivity contribution is 0.629. The van der Waals surface area contributed by atoms with E-state index in [4.69, 9.17) is 5.73 Å². The smallest absolute Gasteiger partial charge is 0.180 e. The molecule has 1 aromatic carbocycles. The lowest BCUT2D eigenvalue weighted by Gasteiger charge is -1.96. The number of H-pyrrole nitrogens is 1. The number of aromatic amines is 1. The third-order valence-corrected chi connectivity index (χ3v) is 3.40. The molecular weight excluding hydrogens is 237 g/mol. The molecule has 0 spiro atoms. The highest BCUT2D eigenvalue weighted by molar-refractivity contribution is 7.13. The average molecular weight is 247 g/mol. The molecule has 0 aliphatic carbocycles. The Balaban J connectivity index is 2.32. The summed E-state index contributed by atoms with van der Waals surface area (Å²) in [6.07, 6.45) is 0. The van der Waals surface area contributed by atoms with Gasteiger partial charge >= 0.3 is 0 Å². The molecule has 0 aliphatic heterocycles. The molecule has 0 amide bonds. The highest BCUT2D eigenvalue weighted by atomic mass is 32.1. The zero-order valence-electron chi connectivity index (χ0n) is 9.12. The Bertz CT molecular complexity index is 699. The highest BCUT2D eigenvalue weighted by Gasteiger charge is 2.13. The van der Waals surface area contributed by atoms with Gasteiger partial charge in [-0.05, 0) is 25.1 Å². The molecular formula is C12H10FN3S. The topological polar surface area (TPSA) is 54.7 Å². The molecule has 86 valence electrons. The van der Waals surface area contributed by atoms with Gasteiger partial charge in [-0.1, -0.05) is 0 Å². The van der Waals surface area contributed by atoms with Crippen molar-refractivity contribution in [1.29, 1.82) is 0 Å². The van der Waals surface area contributed by atoms with Crippen LogP contribution in [0.15, 0.2) is 23.6 Å². The standard InChI is InChI=1S/C12H10FN3S/c1-6-11(10-5-17-12(14)16-10)8-3-2-7(13)4-9(8)15-6/h2-5,15H,1H3,(H2,14,16). The molecule has 2 aromatic heterocycles. The summed E-state index contributed by atoms with van der Waals surface area (Å²) in [7, 11) is 0. The normalized spacial score (nSPS) is 11.2. The molecule has 0 saturated heterocycles. The Hall–Kier alpha value is -1.88. The van der Waals surface area contributed by atoms with E-state index in [9.17, 15) is 4.39 Å². The summed E-state index contributed by atoms with van der Waals surface area (Å²) >= 11 is 1.40. The number of fused-ring (bicyclic) bond motifs is 1. The first-order chi connectivity index (χ1) is 8.15. The van der Waals surface area contributed by atoms with E-state index in [0.29, 0.717) is 5.13 Å². The van der Waals surface area contributed by atoms with Crippen LogP contribution in [0.1, 0.15) is 5.69 Å². The third kappa shape index (κ3) is 1.59. The second-order valence-corrected chi connectivity index (χ2v) is 4.78. The van der Waals surface area contributed by atoms with Gasteiger partial charge in [0.1, 0.15) is 5.82 Å². The van der Waals surface area contributed by atoms with Crippen molar-refractivity contribution < 1.29 is 4.39 Å². The molecule has 0 radical (unpaired) electrons. The Morgan fingerprint density at radius 1 is 1.41 bits per heavy atom. The van der Waals surface area contributed by atoms with Gasteiger partial charge in [0, 0.05) is 27.5 Å². The van der Waals surface area contributed by atoms with Crippen LogP contribution in [0.25, 0.3) is 22.2 Å². The number of nitrogens with zero attached hydrogens (tertiary/aromatic N) is 1. The van der Waals surface area contributed by atoms with Gasteiger partial charge in [-0.15, -0.1) is 11.3 Å². The fourth-order valence-electron chi connectivity index (χ4n) is 2.04. The number of nitrogen functional groups attached to an aromatic ring is 1. The third-order valence-electron chi connectivity index (χ3n) is 2.73. The first-order valence-corrected chi connectivity index (χ1v) is 6.02. The maximum Gasteiger partial charge on any atom is 0.180 e. The predicted molar refractivity (Wildman–Crippen MR) is 68.5 cm³/mol. The SMILES string of the molecule is Cc1[nH]c2cc(F)ccc2c1-c1csc(N)n1. The van der Waals surface area contributed by atoms with Crippen molar-refractivity contribution in [2.24, 2.45) is 0 Å². The lowest BCUT2D eigenvalue weighted by atomic mass is 10.1. The number of halogens is 1. The largest absolute Gasteiger partial charge is 0.375 e. The van der Waals surface area contributed by atoms with Crippen LogP contribution in [0.2, 0.25) is 0 Å². The molecule has 0 saturated carbocycles. The summed E-state index contributed by atoms with van der Waals surface area (Å²) in [4.78, 5) is 7.43. The van der Waals surface area contributed by atoms with E-state index in [1.807, 2.05) is 12.3 Å². The van der Waals surface area contributed by atoms with Crippen LogP contribution in [-0.4, -0.2) is 9.97 Å². The van der Waals surface area contributed by atoms with Crippen molar-refractivity contribution in [3.8, 4) is 11.3 Å². The maximum atomic E-state index is 13.1. The Labute approximate surface area is 101 Å². The molecule has 17 heavy (non-hydrogen) atoms. The zero-order valence-corrected chi connectivity index (χ0v) is 9.94. The minimum absolute atomic E-state index is 0.247. The zero-order chi connectivity index (χ0) is 12.0. The minimum Gasteiger partial charge on any atom is -0.375 e. The van der Waals surface area contributed by atoms with Crippen molar-refractivity contribution in [2.75, 3.05) is 5.73 Å². The Kier molecular flexibility index (Phi) is 2.16. The molecule has 0 fully saturated rings. The van der Waals surface area contributed by atoms with Crippen LogP contribution in [-0.2, 0) is 0 Å². The molecule has 0 bridgehead atoms. The number of anilines is 1. The van der Waals surface area contributed by atoms with Crippen LogP contribution in [0.5, 0.6) is 0 Å². The molecule has 3 N–H and O–H groups in total. The molecule has 0 atom stereocenters. The van der Waals surface area contributed by atoms with Gasteiger partial charge in [0.2, 0.25) is 0 Å². The second-order valence-electron chi connectivity index (χ2n) is 3.89. The monoisotopic (exact) mass is 247 g/mol. The number of aryl methyl sites for hydroxylation is 1. The quantitative estimate of drug-likeness (QED) is 0.693. The van der Waals surface area contributed by atoms with Crippen molar-refractivity contribution in [2.45, 2.75) is 6.92 Å². The number of hydrogen-bond acceptors (Lipinski definition) is 3. The van der Waals surface area contributed by atoms with Crippen LogP contribution in [0.3, 0.4) is 0 Å². The van der Waals surface area contributed by atoms with Gasteiger partial charge in [0.05, 0.1) is 5.69 Å². The van der Waals surface area contributed by atoms with E-state index in [0.717, 1.165) is 27.9 Å². The van der Waals surface area contributed by atoms with Crippen LogP contribution < -0.4 is 5.73 Å². The fourth-order valence-corrected chi connectivity index (χ4v) is 2.59. The average Bonchev–Trinajstić information content (AvgIpc) is 2.80. The van der Waals surface area contributed by atoms with Crippen LogP contribution >= 0.6 is 11.3 Å². The molecule has 0 aliphatic rings. The number of rotatable bonds is 1. The van der Waals surface area contributed by atoms with Crippen LogP contribution in [0.4, 0.5) is 9.52 Å². The summed E-state index contributed by atoms with van der Waals surface area (Å²) < 4.78 is 13.1. The van der Waals surface area contributed by atoms with E-state index in [1.165, 1.54) is 23.5 Å². The van der Waals surface area contributed by atoms with E-state index < -0.39 is 0 Å². The second kappa shape index (κ2) is 3.56. The first-order valence-electron chi connectivity index (χ1n) is 5.14. The van der Waals surface area contributed by atoms with Gasteiger partial charge < -0.3 is 10.7 Å². The lowest BCUT2D eigenvalue weighted by Crippen LogP contribution is -1.83. The summed E-state index contributed by atoms with van der Waals surface area (Å²) in [5.41, 5.74) is 9.22. The van der Waals surface area contributed by atoms with Crippen molar-refractivity contribution in [1.82, 2.24) is 9.97 Å². The molecule has 0 unspecified atom stereocenters. The summed E-state index contributed by atoms with van der Waals surface area (Å²) in [6, 6.07) is 4.70. The summed E-state index contributed by atoms with van der Waals surface area (Å²) in [5, 5.41) is 3.42. The Morgan fingerprint density at radius 2 is 2.24 bits per heavy atom. The molecule has 3 aromatic rings. The minimum atomic E-state index is -0.247. The van der Waals surface area contributed by atoms with E-state index in [2.05, 4.69) is 9.97 Å². The number of thiazole rings is 1. The van der Waals surface area contributed by atoms with E-state index in [-0.39, 0.29) is 5.82 Å². The number of aromatic nitrogens is 2. The highest BCUT2D eigenvalue weighted by Crippen LogP contribution is 2.33. The number of benzene rings is 1. The number of nitrogens with one attached hydrogen (secondary N) is 1. The number of hydrogen-bond donors (Lipinski definition) is 2. The molecule has 3 nitrogen and oxygen atoms in total. The summed E-state index contributed by atoms with van der Waals surface area (Å²) in [5.74, 6) is -0.247. The van der Waals surface area contributed by atoms with Gasteiger partial charge in [0.25, 0.3) is 0 Å². The van der Waals surface area contributed by atoms with Crippen molar-refractivity contribution >= 4 is 27.4 Å². The van der Waals surface area contributed by atoms with E-state index >= 15 is 0 Å². The van der Waals surface area contributed by atoms with Gasteiger partial charge in [-0.2, -0.15) is 0 Å². The number of nitrogens with two attached hydrogens (primary N) is 1. The molecule has 2 heterocycles. The predicted octanol–water partition coefficient (Wildman–Crippen LogP) is 3.32. The van der Waals surface area contributed by atoms with E-state index in [1.54, 1.807) is 6.07 Å². The summed E-state index contributed by atoms with van der Waals surface area (Å²) in [6.45, 7) is 1.95. The molecule has 5 heteroatoms. The maximum absolute atomic E-state index is 13.1.